The molecule has 4 aliphatic carbocycles. The van der Waals surface area contributed by atoms with Crippen molar-refractivity contribution in [2.75, 3.05) is 0 Å². The molecule has 0 spiro atoms. The Morgan fingerprint density at radius 3 is 2.00 bits per heavy atom. The van der Waals surface area contributed by atoms with Gasteiger partial charge in [0.05, 0.1) is 16.4 Å². The molecule has 8 rings (SSSR count). The Balaban J connectivity index is 1.43. The minimum atomic E-state index is -0.152. The number of rotatable bonds is 4. The molecule has 0 atom stereocenters. The third-order valence-corrected chi connectivity index (χ3v) is 12.2. The third kappa shape index (κ3) is 3.66. The number of hydrogen-bond donors (Lipinski definition) is 0. The van der Waals surface area contributed by atoms with Crippen LogP contribution in [0.1, 0.15) is 118 Å². The zero-order valence-electron chi connectivity index (χ0n) is 26.2. The molecule has 4 heteroatoms. The molecular formula is C36H48N4. The molecule has 40 heavy (non-hydrogen) atoms. The molecule has 0 saturated heterocycles. The van der Waals surface area contributed by atoms with E-state index in [2.05, 4.69) is 97.0 Å². The summed E-state index contributed by atoms with van der Waals surface area (Å²) < 4.78 is 2.34. The molecule has 0 radical (unpaired) electrons. The van der Waals surface area contributed by atoms with Crippen LogP contribution in [0.2, 0.25) is 0 Å². The van der Waals surface area contributed by atoms with Gasteiger partial charge in [0.2, 0.25) is 0 Å². The van der Waals surface area contributed by atoms with Crippen LogP contribution < -0.4 is 0 Å². The summed E-state index contributed by atoms with van der Waals surface area (Å²) in [7, 11) is 0. The van der Waals surface area contributed by atoms with Gasteiger partial charge in [-0.05, 0) is 103 Å². The lowest BCUT2D eigenvalue weighted by Crippen LogP contribution is -2.48. The molecule has 0 N–H and O–H groups in total. The number of hydrogen-bond acceptors (Lipinski definition) is 3. The van der Waals surface area contributed by atoms with E-state index < -0.39 is 0 Å². The van der Waals surface area contributed by atoms with Gasteiger partial charge in [-0.1, -0.05) is 68.4 Å². The summed E-state index contributed by atoms with van der Waals surface area (Å²) in [5.74, 6) is 4.32. The van der Waals surface area contributed by atoms with E-state index in [9.17, 15) is 0 Å². The molecule has 4 saturated carbocycles. The minimum Gasteiger partial charge on any atom is -0.279 e. The van der Waals surface area contributed by atoms with Crippen molar-refractivity contribution in [2.24, 2.45) is 29.1 Å². The molecule has 212 valence electrons. The normalized spacial score (nSPS) is 27.1. The maximum Gasteiger partial charge on any atom is 0.165 e. The van der Waals surface area contributed by atoms with Crippen molar-refractivity contribution in [3.05, 3.63) is 47.4 Å². The summed E-state index contributed by atoms with van der Waals surface area (Å²) in [4.78, 5) is 16.0. The predicted octanol–water partition coefficient (Wildman–Crippen LogP) is 9.16. The fraction of sp³-hybridized carbons (Fsp3) is 0.639. The number of imidazole rings is 1. The van der Waals surface area contributed by atoms with Crippen molar-refractivity contribution < 1.29 is 0 Å². The Kier molecular flexibility index (Phi) is 5.48. The Bertz CT molecular complexity index is 1610. The number of fused-ring (bicyclic) bond motifs is 5. The van der Waals surface area contributed by atoms with Crippen LogP contribution in [0.25, 0.3) is 27.7 Å². The first-order chi connectivity index (χ1) is 18.7. The number of benzene rings is 1. The highest BCUT2D eigenvalue weighted by molar-refractivity contribution is 5.95. The molecule has 4 aliphatic rings. The molecule has 4 aromatic rings. The number of pyridine rings is 1. The Morgan fingerprint density at radius 1 is 0.800 bits per heavy atom. The molecule has 4 bridgehead atoms. The van der Waals surface area contributed by atoms with Crippen molar-refractivity contribution in [3.63, 3.8) is 0 Å². The molecule has 4 nitrogen and oxygen atoms in total. The lowest BCUT2D eigenvalue weighted by atomic mass is 9.49. The van der Waals surface area contributed by atoms with Crippen molar-refractivity contribution in [3.8, 4) is 0 Å². The fourth-order valence-electron chi connectivity index (χ4n) is 9.03. The standard InChI is InChI=1S/C36H48N4/c1-21(2)34(6,7)35(8,9)25-10-12-27-28(17-25)40-31(37-27)26-11-13-29(38-30(26)39-32(40)33(3,4)5)36-18-22-14-23(19-36)16-24(15-22)20-36/h10-13,17,21-24H,14-16,18-20H2,1-9H3. The van der Waals surface area contributed by atoms with Gasteiger partial charge in [0, 0.05) is 16.5 Å². The van der Waals surface area contributed by atoms with Gasteiger partial charge in [0.1, 0.15) is 5.82 Å². The summed E-state index contributed by atoms with van der Waals surface area (Å²) in [5, 5.41) is 1.07. The van der Waals surface area contributed by atoms with Gasteiger partial charge >= 0.3 is 0 Å². The van der Waals surface area contributed by atoms with Crippen LogP contribution in [-0.4, -0.2) is 19.4 Å². The zero-order chi connectivity index (χ0) is 28.4. The SMILES string of the molecule is CC(C)C(C)(C)C(C)(C)c1ccc2nc3c4ccc(C56CC7CC(CC(C7)C5)C6)nc4nc(C(C)(C)C)n3c2c1. The van der Waals surface area contributed by atoms with E-state index >= 15 is 0 Å². The van der Waals surface area contributed by atoms with E-state index in [1.807, 2.05) is 0 Å². The zero-order valence-corrected chi connectivity index (χ0v) is 26.2. The van der Waals surface area contributed by atoms with E-state index in [0.717, 1.165) is 51.3 Å². The summed E-state index contributed by atoms with van der Waals surface area (Å²) in [6, 6.07) is 11.6. The number of nitrogens with zero attached hydrogens (tertiary/aromatic N) is 4. The van der Waals surface area contributed by atoms with Crippen molar-refractivity contribution in [2.45, 2.75) is 117 Å². The summed E-state index contributed by atoms with van der Waals surface area (Å²) in [6.07, 6.45) is 8.33. The van der Waals surface area contributed by atoms with Gasteiger partial charge in [-0.25, -0.2) is 15.0 Å². The summed E-state index contributed by atoms with van der Waals surface area (Å²) in [5.41, 5.74) is 6.97. The first-order valence-electron chi connectivity index (χ1n) is 15.8. The van der Waals surface area contributed by atoms with Crippen molar-refractivity contribution >= 4 is 27.7 Å². The highest BCUT2D eigenvalue weighted by Crippen LogP contribution is 2.60. The van der Waals surface area contributed by atoms with Crippen LogP contribution in [0.3, 0.4) is 0 Å². The average molecular weight is 537 g/mol. The van der Waals surface area contributed by atoms with Crippen LogP contribution in [0.5, 0.6) is 0 Å². The second-order valence-corrected chi connectivity index (χ2v) is 16.4. The van der Waals surface area contributed by atoms with E-state index in [0.29, 0.717) is 5.92 Å². The quantitative estimate of drug-likeness (QED) is 0.261. The first kappa shape index (κ1) is 26.4. The number of aromatic nitrogens is 4. The van der Waals surface area contributed by atoms with Gasteiger partial charge in [0.15, 0.2) is 11.3 Å². The van der Waals surface area contributed by atoms with Crippen LogP contribution in [0, 0.1) is 29.1 Å². The monoisotopic (exact) mass is 536 g/mol. The van der Waals surface area contributed by atoms with Crippen LogP contribution in [-0.2, 0) is 16.2 Å². The fourth-order valence-corrected chi connectivity index (χ4v) is 9.03. The Hall–Kier alpha value is -2.49. The Morgan fingerprint density at radius 2 is 1.43 bits per heavy atom. The van der Waals surface area contributed by atoms with Crippen LogP contribution in [0.4, 0.5) is 0 Å². The van der Waals surface area contributed by atoms with Gasteiger partial charge in [0.25, 0.3) is 0 Å². The van der Waals surface area contributed by atoms with E-state index in [4.69, 9.17) is 15.0 Å². The lowest BCUT2D eigenvalue weighted by molar-refractivity contribution is -0.00707. The van der Waals surface area contributed by atoms with Gasteiger partial charge < -0.3 is 0 Å². The van der Waals surface area contributed by atoms with Crippen molar-refractivity contribution in [1.82, 2.24) is 19.4 Å². The van der Waals surface area contributed by atoms with E-state index in [1.54, 1.807) is 0 Å². The third-order valence-electron chi connectivity index (χ3n) is 12.2. The van der Waals surface area contributed by atoms with E-state index in [1.165, 1.54) is 49.8 Å². The first-order valence-corrected chi connectivity index (χ1v) is 15.8. The van der Waals surface area contributed by atoms with Crippen molar-refractivity contribution in [1.29, 1.82) is 0 Å². The molecule has 3 heterocycles. The smallest absolute Gasteiger partial charge is 0.165 e. The Labute approximate surface area is 240 Å². The topological polar surface area (TPSA) is 43.1 Å². The summed E-state index contributed by atoms with van der Waals surface area (Å²) in [6.45, 7) is 21.1. The average Bonchev–Trinajstić information content (AvgIpc) is 3.25. The maximum atomic E-state index is 5.40. The van der Waals surface area contributed by atoms with Crippen LogP contribution >= 0.6 is 0 Å². The largest absolute Gasteiger partial charge is 0.279 e. The molecule has 1 aromatic carbocycles. The second-order valence-electron chi connectivity index (χ2n) is 16.4. The second kappa shape index (κ2) is 8.29. The molecule has 3 aromatic heterocycles. The molecule has 4 fully saturated rings. The summed E-state index contributed by atoms with van der Waals surface area (Å²) >= 11 is 0. The van der Waals surface area contributed by atoms with Gasteiger partial charge in [-0.2, -0.15) is 0 Å². The highest BCUT2D eigenvalue weighted by Gasteiger charge is 2.52. The van der Waals surface area contributed by atoms with Gasteiger partial charge in [-0.15, -0.1) is 0 Å². The van der Waals surface area contributed by atoms with E-state index in [-0.39, 0.29) is 21.7 Å². The maximum absolute atomic E-state index is 5.40. The molecular weight excluding hydrogens is 488 g/mol. The minimum absolute atomic E-state index is 0.0000000263. The molecule has 0 amide bonds. The lowest BCUT2D eigenvalue weighted by Gasteiger charge is -2.56. The van der Waals surface area contributed by atoms with Crippen LogP contribution in [0.15, 0.2) is 30.3 Å². The molecule has 0 aliphatic heterocycles. The molecule has 0 unspecified atom stereocenters. The predicted molar refractivity (Wildman–Crippen MR) is 166 cm³/mol. The highest BCUT2D eigenvalue weighted by atomic mass is 15.1. The van der Waals surface area contributed by atoms with Gasteiger partial charge in [-0.3, -0.25) is 4.40 Å².